The third-order valence-electron chi connectivity index (χ3n) is 4.11. The number of carboxylic acids is 1. The Morgan fingerprint density at radius 1 is 1.29 bits per heavy atom. The highest BCUT2D eigenvalue weighted by molar-refractivity contribution is 5.99. The van der Waals surface area contributed by atoms with Crippen LogP contribution in [0.5, 0.6) is 0 Å². The number of nitrogens with one attached hydrogen (secondary N) is 1. The van der Waals surface area contributed by atoms with Crippen LogP contribution in [0.1, 0.15) is 43.0 Å². The number of nitrogens with zero attached hydrogens (tertiary/aromatic N) is 1. The van der Waals surface area contributed by atoms with E-state index in [9.17, 15) is 9.59 Å². The first-order valence-electron chi connectivity index (χ1n) is 7.50. The summed E-state index contributed by atoms with van der Waals surface area (Å²) in [5, 5.41) is 11.9. The van der Waals surface area contributed by atoms with Crippen LogP contribution >= 0.6 is 0 Å². The van der Waals surface area contributed by atoms with Crippen LogP contribution in [0, 0.1) is 5.92 Å². The van der Waals surface area contributed by atoms with Crippen molar-refractivity contribution in [3.05, 3.63) is 29.8 Å². The van der Waals surface area contributed by atoms with Gasteiger partial charge in [-0.15, -0.1) is 0 Å². The van der Waals surface area contributed by atoms with E-state index in [1.165, 1.54) is 6.07 Å². The predicted molar refractivity (Wildman–Crippen MR) is 81.6 cm³/mol. The average Bonchev–Trinajstić information content (AvgIpc) is 2.73. The van der Waals surface area contributed by atoms with Crippen LogP contribution in [-0.4, -0.2) is 35.1 Å². The van der Waals surface area contributed by atoms with Gasteiger partial charge in [0, 0.05) is 13.1 Å². The number of carbonyl (C=O) groups is 2. The summed E-state index contributed by atoms with van der Waals surface area (Å²) in [6.07, 6.45) is 4.33. The summed E-state index contributed by atoms with van der Waals surface area (Å²) in [6.45, 7) is 3.65. The van der Waals surface area contributed by atoms with Gasteiger partial charge >= 0.3 is 12.0 Å². The Bertz CT molecular complexity index is 516. The van der Waals surface area contributed by atoms with E-state index >= 15 is 0 Å². The van der Waals surface area contributed by atoms with Gasteiger partial charge in [-0.3, -0.25) is 0 Å². The maximum atomic E-state index is 12.3. The van der Waals surface area contributed by atoms with Gasteiger partial charge in [0.1, 0.15) is 0 Å². The van der Waals surface area contributed by atoms with Gasteiger partial charge in [-0.2, -0.15) is 0 Å². The van der Waals surface area contributed by atoms with Crippen LogP contribution < -0.4 is 5.32 Å². The highest BCUT2D eigenvalue weighted by Gasteiger charge is 2.21. The molecule has 0 aliphatic carbocycles. The number of hydrogen-bond donors (Lipinski definition) is 2. The number of hydrogen-bond acceptors (Lipinski definition) is 2. The van der Waals surface area contributed by atoms with Crippen molar-refractivity contribution < 1.29 is 14.7 Å². The van der Waals surface area contributed by atoms with Crippen molar-refractivity contribution in [3.63, 3.8) is 0 Å². The molecule has 1 fully saturated rings. The second-order valence-electron chi connectivity index (χ2n) is 5.47. The summed E-state index contributed by atoms with van der Waals surface area (Å²) in [6, 6.07) is 6.27. The lowest BCUT2D eigenvalue weighted by atomic mass is 9.98. The number of benzene rings is 1. The summed E-state index contributed by atoms with van der Waals surface area (Å²) in [5.74, 6) is -0.345. The average molecular weight is 290 g/mol. The van der Waals surface area contributed by atoms with Crippen molar-refractivity contribution in [3.8, 4) is 0 Å². The standard InChI is InChI=1S/C16H22N2O3/c1-2-12-6-5-10-18(11-9-12)16(21)17-14-8-4-3-7-13(14)15(19)20/h3-4,7-8,12H,2,5-6,9-11H2,1H3,(H,17,21)(H,19,20). The lowest BCUT2D eigenvalue weighted by Gasteiger charge is -2.21. The highest BCUT2D eigenvalue weighted by atomic mass is 16.4. The molecule has 0 radical (unpaired) electrons. The molecule has 1 unspecified atom stereocenters. The third-order valence-corrected chi connectivity index (χ3v) is 4.11. The van der Waals surface area contributed by atoms with Gasteiger partial charge in [-0.25, -0.2) is 9.59 Å². The Hall–Kier alpha value is -2.04. The van der Waals surface area contributed by atoms with Crippen LogP contribution in [0.2, 0.25) is 0 Å². The number of urea groups is 1. The van der Waals surface area contributed by atoms with Crippen molar-refractivity contribution >= 4 is 17.7 Å². The molecule has 1 heterocycles. The first-order valence-corrected chi connectivity index (χ1v) is 7.50. The molecule has 2 rings (SSSR count). The molecule has 0 saturated carbocycles. The minimum absolute atomic E-state index is 0.118. The van der Waals surface area contributed by atoms with Crippen LogP contribution in [0.3, 0.4) is 0 Å². The molecule has 0 bridgehead atoms. The first kappa shape index (κ1) is 15.4. The molecular weight excluding hydrogens is 268 g/mol. The maximum absolute atomic E-state index is 12.3. The molecule has 21 heavy (non-hydrogen) atoms. The van der Waals surface area contributed by atoms with Crippen molar-refractivity contribution in [1.29, 1.82) is 0 Å². The Morgan fingerprint density at radius 3 is 2.76 bits per heavy atom. The Balaban J connectivity index is 2.03. The monoisotopic (exact) mass is 290 g/mol. The predicted octanol–water partition coefficient (Wildman–Crippen LogP) is 3.43. The van der Waals surface area contributed by atoms with E-state index in [1.807, 2.05) is 0 Å². The lowest BCUT2D eigenvalue weighted by molar-refractivity contribution is 0.0698. The molecule has 2 amide bonds. The SMILES string of the molecule is CCC1CCCN(C(=O)Nc2ccccc2C(=O)O)CC1. The molecule has 5 heteroatoms. The smallest absolute Gasteiger partial charge is 0.337 e. The van der Waals surface area contributed by atoms with Gasteiger partial charge in [0.25, 0.3) is 0 Å². The number of para-hydroxylation sites is 1. The number of amides is 2. The van der Waals surface area contributed by atoms with Crippen LogP contribution in [0.4, 0.5) is 10.5 Å². The largest absolute Gasteiger partial charge is 0.478 e. The molecule has 114 valence electrons. The first-order chi connectivity index (χ1) is 10.1. The van der Waals surface area contributed by atoms with E-state index in [2.05, 4.69) is 12.2 Å². The molecule has 1 aromatic rings. The number of carboxylic acid groups (broad SMARTS) is 1. The quantitative estimate of drug-likeness (QED) is 0.896. The van der Waals surface area contributed by atoms with Gasteiger partial charge in [0.15, 0.2) is 0 Å². The van der Waals surface area contributed by atoms with E-state index in [1.54, 1.807) is 23.1 Å². The number of anilines is 1. The van der Waals surface area contributed by atoms with Gasteiger partial charge in [-0.1, -0.05) is 25.5 Å². The lowest BCUT2D eigenvalue weighted by Crippen LogP contribution is -2.36. The molecule has 1 aliphatic rings. The van der Waals surface area contributed by atoms with Crippen molar-refractivity contribution in [1.82, 2.24) is 4.90 Å². The second kappa shape index (κ2) is 7.11. The zero-order valence-corrected chi connectivity index (χ0v) is 12.3. The highest BCUT2D eigenvalue weighted by Crippen LogP contribution is 2.21. The molecule has 0 spiro atoms. The Kier molecular flexibility index (Phi) is 5.20. The topological polar surface area (TPSA) is 69.6 Å². The van der Waals surface area contributed by atoms with E-state index in [4.69, 9.17) is 5.11 Å². The molecule has 5 nitrogen and oxygen atoms in total. The van der Waals surface area contributed by atoms with Gasteiger partial charge in [0.2, 0.25) is 0 Å². The molecular formula is C16H22N2O3. The number of likely N-dealkylation sites (tertiary alicyclic amines) is 1. The summed E-state index contributed by atoms with van der Waals surface area (Å²) >= 11 is 0. The van der Waals surface area contributed by atoms with E-state index < -0.39 is 5.97 Å². The minimum Gasteiger partial charge on any atom is -0.478 e. The summed E-state index contributed by atoms with van der Waals surface area (Å²) in [7, 11) is 0. The van der Waals surface area contributed by atoms with E-state index in [-0.39, 0.29) is 11.6 Å². The van der Waals surface area contributed by atoms with E-state index in [0.717, 1.165) is 38.8 Å². The third kappa shape index (κ3) is 3.97. The number of carbonyl (C=O) groups excluding carboxylic acids is 1. The van der Waals surface area contributed by atoms with Crippen LogP contribution in [0.15, 0.2) is 24.3 Å². The van der Waals surface area contributed by atoms with Crippen molar-refractivity contribution in [2.24, 2.45) is 5.92 Å². The van der Waals surface area contributed by atoms with Crippen LogP contribution in [-0.2, 0) is 0 Å². The van der Waals surface area contributed by atoms with Crippen LogP contribution in [0.25, 0.3) is 0 Å². The molecule has 1 aromatic carbocycles. The number of aromatic carboxylic acids is 1. The maximum Gasteiger partial charge on any atom is 0.337 e. The zero-order valence-electron chi connectivity index (χ0n) is 12.3. The Labute approximate surface area is 125 Å². The molecule has 0 aromatic heterocycles. The minimum atomic E-state index is -1.03. The zero-order chi connectivity index (χ0) is 15.2. The molecule has 2 N–H and O–H groups in total. The molecule has 1 saturated heterocycles. The second-order valence-corrected chi connectivity index (χ2v) is 5.47. The van der Waals surface area contributed by atoms with Gasteiger partial charge < -0.3 is 15.3 Å². The fraction of sp³-hybridized carbons (Fsp3) is 0.500. The fourth-order valence-corrected chi connectivity index (χ4v) is 2.75. The number of rotatable bonds is 3. The normalized spacial score (nSPS) is 18.9. The van der Waals surface area contributed by atoms with Gasteiger partial charge in [0.05, 0.1) is 11.3 Å². The summed E-state index contributed by atoms with van der Waals surface area (Å²) in [5.41, 5.74) is 0.471. The summed E-state index contributed by atoms with van der Waals surface area (Å²) < 4.78 is 0. The molecule has 1 aliphatic heterocycles. The van der Waals surface area contributed by atoms with Gasteiger partial charge in [-0.05, 0) is 37.3 Å². The van der Waals surface area contributed by atoms with Crippen molar-refractivity contribution in [2.45, 2.75) is 32.6 Å². The Morgan fingerprint density at radius 2 is 2.05 bits per heavy atom. The van der Waals surface area contributed by atoms with E-state index in [0.29, 0.717) is 11.6 Å². The molecule has 1 atom stereocenters. The fourth-order valence-electron chi connectivity index (χ4n) is 2.75. The summed E-state index contributed by atoms with van der Waals surface area (Å²) in [4.78, 5) is 25.2. The van der Waals surface area contributed by atoms with Crippen molar-refractivity contribution in [2.75, 3.05) is 18.4 Å².